The zero-order valence-corrected chi connectivity index (χ0v) is 11.2. The number of nitrogens with one attached hydrogen (secondary N) is 1. The number of likely N-dealkylation sites (N-methyl/N-ethyl adjacent to an activating group) is 1. The molecule has 96 valence electrons. The topological polar surface area (TPSA) is 30.5 Å². The lowest BCUT2D eigenvalue weighted by Crippen LogP contribution is -2.48. The van der Waals surface area contributed by atoms with Gasteiger partial charge in [-0.25, -0.2) is 0 Å². The van der Waals surface area contributed by atoms with Gasteiger partial charge in [-0.05, 0) is 46.1 Å². The fourth-order valence-electron chi connectivity index (χ4n) is 2.31. The maximum absolute atomic E-state index is 5.66. The van der Waals surface area contributed by atoms with Gasteiger partial charge in [0, 0.05) is 19.8 Å². The third-order valence-corrected chi connectivity index (χ3v) is 3.62. The van der Waals surface area contributed by atoms with Crippen LogP contribution in [0.4, 0.5) is 0 Å². The van der Waals surface area contributed by atoms with Crippen LogP contribution in [0.5, 0.6) is 0 Å². The molecule has 1 heterocycles. The Kier molecular flexibility index (Phi) is 5.73. The first-order chi connectivity index (χ1) is 7.60. The molecule has 3 heteroatoms. The second-order valence-corrected chi connectivity index (χ2v) is 5.13. The molecule has 0 saturated carbocycles. The summed E-state index contributed by atoms with van der Waals surface area (Å²) in [5.41, 5.74) is -0.103. The quantitative estimate of drug-likeness (QED) is 0.727. The lowest BCUT2D eigenvalue weighted by atomic mass is 9.92. The van der Waals surface area contributed by atoms with Crippen LogP contribution >= 0.6 is 0 Å². The summed E-state index contributed by atoms with van der Waals surface area (Å²) in [6, 6.07) is 0.409. The highest BCUT2D eigenvalue weighted by Gasteiger charge is 2.29. The largest absolute Gasteiger partial charge is 0.378 e. The van der Waals surface area contributed by atoms with E-state index in [0.717, 1.165) is 26.0 Å². The summed E-state index contributed by atoms with van der Waals surface area (Å²) < 4.78 is 11.2. The van der Waals surface area contributed by atoms with Gasteiger partial charge in [-0.1, -0.05) is 6.92 Å². The smallest absolute Gasteiger partial charge is 0.0775 e. The molecule has 1 aliphatic heterocycles. The predicted molar refractivity (Wildman–Crippen MR) is 66.8 cm³/mol. The Labute approximate surface area is 99.9 Å². The third-order valence-electron chi connectivity index (χ3n) is 3.62. The fourth-order valence-corrected chi connectivity index (χ4v) is 2.31. The molecule has 0 aliphatic carbocycles. The highest BCUT2D eigenvalue weighted by Crippen LogP contribution is 2.23. The Hall–Kier alpha value is -0.120. The second-order valence-electron chi connectivity index (χ2n) is 5.13. The van der Waals surface area contributed by atoms with Crippen LogP contribution in [-0.2, 0) is 9.47 Å². The van der Waals surface area contributed by atoms with E-state index in [1.807, 2.05) is 0 Å². The zero-order chi connectivity index (χ0) is 12.0. The molecular weight excluding hydrogens is 202 g/mol. The standard InChI is InChI=1S/C13H27NO2/c1-5-14-12(13(2,3)15-4)9-8-11-7-6-10-16-11/h11-12,14H,5-10H2,1-4H3. The van der Waals surface area contributed by atoms with Crippen LogP contribution < -0.4 is 5.32 Å². The van der Waals surface area contributed by atoms with Gasteiger partial charge in [-0.3, -0.25) is 0 Å². The lowest BCUT2D eigenvalue weighted by Gasteiger charge is -2.34. The van der Waals surface area contributed by atoms with Crippen LogP contribution in [0.3, 0.4) is 0 Å². The minimum Gasteiger partial charge on any atom is -0.378 e. The Morgan fingerprint density at radius 3 is 2.75 bits per heavy atom. The summed E-state index contributed by atoms with van der Waals surface area (Å²) in [6.07, 6.45) is 5.20. The molecule has 2 atom stereocenters. The van der Waals surface area contributed by atoms with Crippen LogP contribution in [0.15, 0.2) is 0 Å². The maximum atomic E-state index is 5.66. The van der Waals surface area contributed by atoms with Crippen molar-refractivity contribution in [3.8, 4) is 0 Å². The summed E-state index contributed by atoms with van der Waals surface area (Å²) in [4.78, 5) is 0. The Morgan fingerprint density at radius 1 is 1.50 bits per heavy atom. The number of hydrogen-bond acceptors (Lipinski definition) is 3. The van der Waals surface area contributed by atoms with Crippen molar-refractivity contribution >= 4 is 0 Å². The van der Waals surface area contributed by atoms with E-state index in [1.165, 1.54) is 12.8 Å². The van der Waals surface area contributed by atoms with Gasteiger partial charge in [0.15, 0.2) is 0 Å². The number of ether oxygens (including phenoxy) is 2. The van der Waals surface area contributed by atoms with Gasteiger partial charge in [-0.2, -0.15) is 0 Å². The molecule has 0 spiro atoms. The second kappa shape index (κ2) is 6.58. The molecule has 1 N–H and O–H groups in total. The first-order valence-electron chi connectivity index (χ1n) is 6.50. The van der Waals surface area contributed by atoms with Gasteiger partial charge >= 0.3 is 0 Å². The van der Waals surface area contributed by atoms with Gasteiger partial charge in [0.1, 0.15) is 0 Å². The van der Waals surface area contributed by atoms with Gasteiger partial charge in [0.25, 0.3) is 0 Å². The number of hydrogen-bond donors (Lipinski definition) is 1. The molecule has 1 aliphatic rings. The van der Waals surface area contributed by atoms with E-state index in [2.05, 4.69) is 26.1 Å². The number of methoxy groups -OCH3 is 1. The SMILES string of the molecule is CCNC(CCC1CCCO1)C(C)(C)OC. The van der Waals surface area contributed by atoms with Crippen molar-refractivity contribution < 1.29 is 9.47 Å². The molecule has 3 nitrogen and oxygen atoms in total. The lowest BCUT2D eigenvalue weighted by molar-refractivity contribution is -0.0166. The molecule has 1 saturated heterocycles. The fraction of sp³-hybridized carbons (Fsp3) is 1.00. The van der Waals surface area contributed by atoms with E-state index in [4.69, 9.17) is 9.47 Å². The van der Waals surface area contributed by atoms with Crippen molar-refractivity contribution in [3.63, 3.8) is 0 Å². The summed E-state index contributed by atoms with van der Waals surface area (Å²) in [6.45, 7) is 8.38. The van der Waals surface area contributed by atoms with Crippen molar-refractivity contribution in [1.29, 1.82) is 0 Å². The van der Waals surface area contributed by atoms with Gasteiger partial charge < -0.3 is 14.8 Å². The molecule has 16 heavy (non-hydrogen) atoms. The Balaban J connectivity index is 2.37. The van der Waals surface area contributed by atoms with Crippen molar-refractivity contribution in [2.24, 2.45) is 0 Å². The van der Waals surface area contributed by atoms with E-state index in [0.29, 0.717) is 12.1 Å². The van der Waals surface area contributed by atoms with Crippen molar-refractivity contribution in [3.05, 3.63) is 0 Å². The van der Waals surface area contributed by atoms with Gasteiger partial charge in [-0.15, -0.1) is 0 Å². The maximum Gasteiger partial charge on any atom is 0.0775 e. The first kappa shape index (κ1) is 13.9. The molecule has 0 amide bonds. The molecule has 0 radical (unpaired) electrons. The average molecular weight is 229 g/mol. The van der Waals surface area contributed by atoms with Crippen molar-refractivity contribution in [1.82, 2.24) is 5.32 Å². The summed E-state index contributed by atoms with van der Waals surface area (Å²) >= 11 is 0. The van der Waals surface area contributed by atoms with Gasteiger partial charge in [0.2, 0.25) is 0 Å². The van der Waals surface area contributed by atoms with E-state index in [1.54, 1.807) is 7.11 Å². The highest BCUT2D eigenvalue weighted by atomic mass is 16.5. The van der Waals surface area contributed by atoms with Crippen LogP contribution in [0.25, 0.3) is 0 Å². The Bertz CT molecular complexity index is 188. The molecule has 1 rings (SSSR count). The molecule has 0 aromatic carbocycles. The minimum absolute atomic E-state index is 0.103. The van der Waals surface area contributed by atoms with Crippen LogP contribution in [0.1, 0.15) is 46.5 Å². The molecule has 0 aromatic rings. The Morgan fingerprint density at radius 2 is 2.25 bits per heavy atom. The normalized spacial score (nSPS) is 23.6. The van der Waals surface area contributed by atoms with E-state index in [9.17, 15) is 0 Å². The monoisotopic (exact) mass is 229 g/mol. The van der Waals surface area contributed by atoms with E-state index >= 15 is 0 Å². The average Bonchev–Trinajstić information content (AvgIpc) is 2.76. The minimum atomic E-state index is -0.103. The van der Waals surface area contributed by atoms with Crippen LogP contribution in [0.2, 0.25) is 0 Å². The van der Waals surface area contributed by atoms with E-state index in [-0.39, 0.29) is 5.60 Å². The van der Waals surface area contributed by atoms with Crippen molar-refractivity contribution in [2.45, 2.75) is 64.2 Å². The van der Waals surface area contributed by atoms with Crippen LogP contribution in [0, 0.1) is 0 Å². The molecular formula is C13H27NO2. The molecule has 2 unspecified atom stereocenters. The molecule has 0 bridgehead atoms. The van der Waals surface area contributed by atoms with Gasteiger partial charge in [0.05, 0.1) is 11.7 Å². The summed E-state index contributed by atoms with van der Waals surface area (Å²) in [5.74, 6) is 0. The third kappa shape index (κ3) is 4.04. The molecule has 1 fully saturated rings. The first-order valence-corrected chi connectivity index (χ1v) is 6.50. The van der Waals surface area contributed by atoms with Crippen LogP contribution in [-0.4, -0.2) is 38.0 Å². The molecule has 0 aromatic heterocycles. The number of rotatable bonds is 7. The van der Waals surface area contributed by atoms with Crippen molar-refractivity contribution in [2.75, 3.05) is 20.3 Å². The predicted octanol–water partition coefficient (Wildman–Crippen LogP) is 2.35. The highest BCUT2D eigenvalue weighted by molar-refractivity contribution is 4.86. The summed E-state index contributed by atoms with van der Waals surface area (Å²) in [5, 5.41) is 3.52. The summed E-state index contributed by atoms with van der Waals surface area (Å²) in [7, 11) is 1.79. The van der Waals surface area contributed by atoms with E-state index < -0.39 is 0 Å². The zero-order valence-electron chi connectivity index (χ0n) is 11.2.